The van der Waals surface area contributed by atoms with Gasteiger partial charge in [-0.05, 0) is 11.6 Å². The van der Waals surface area contributed by atoms with E-state index in [9.17, 15) is 0 Å². The Morgan fingerprint density at radius 2 is 1.42 bits per heavy atom. The number of para-hydroxylation sites is 1. The number of fused-ring (bicyclic) bond motifs is 3. The Balaban J connectivity index is 1.83. The van der Waals surface area contributed by atoms with Crippen LogP contribution in [0.2, 0.25) is 0 Å². The van der Waals surface area contributed by atoms with Crippen LogP contribution in [0.25, 0.3) is 39.3 Å². The molecule has 0 atom stereocenters. The highest BCUT2D eigenvalue weighted by molar-refractivity contribution is 5.93. The maximum atomic E-state index is 6.14. The molecule has 24 heavy (non-hydrogen) atoms. The number of hydrogen-bond acceptors (Lipinski definition) is 2. The molecule has 5 rings (SSSR count). The molecule has 0 spiro atoms. The van der Waals surface area contributed by atoms with Gasteiger partial charge in [0.1, 0.15) is 5.82 Å². The van der Waals surface area contributed by atoms with Crippen molar-refractivity contribution in [3.05, 3.63) is 85.1 Å². The monoisotopic (exact) mass is 310 g/mol. The molecule has 0 fully saturated rings. The molecule has 0 radical (unpaired) electrons. The van der Waals surface area contributed by atoms with Crippen LogP contribution in [0.15, 0.2) is 89.5 Å². The van der Waals surface area contributed by atoms with Gasteiger partial charge < -0.3 is 4.42 Å². The fourth-order valence-electron chi connectivity index (χ4n) is 3.19. The van der Waals surface area contributed by atoms with Crippen LogP contribution in [0.5, 0.6) is 0 Å². The van der Waals surface area contributed by atoms with Crippen LogP contribution in [0, 0.1) is 0 Å². The lowest BCUT2D eigenvalue weighted by Gasteiger charge is -2.03. The van der Waals surface area contributed by atoms with Crippen LogP contribution in [-0.4, -0.2) is 9.38 Å². The maximum absolute atomic E-state index is 6.14. The summed E-state index contributed by atoms with van der Waals surface area (Å²) in [5.74, 6) is 0.898. The first kappa shape index (κ1) is 13.1. The predicted octanol–water partition coefficient (Wildman–Crippen LogP) is 5.41. The van der Waals surface area contributed by atoms with Crippen molar-refractivity contribution >= 4 is 16.8 Å². The van der Waals surface area contributed by atoms with Crippen molar-refractivity contribution in [2.75, 3.05) is 0 Å². The minimum absolute atomic E-state index is 0.757. The molecule has 2 heterocycles. The summed E-state index contributed by atoms with van der Waals surface area (Å²) in [7, 11) is 0. The number of rotatable bonds is 2. The summed E-state index contributed by atoms with van der Waals surface area (Å²) in [4.78, 5) is 4.55. The Bertz CT molecular complexity index is 1100. The first-order valence-corrected chi connectivity index (χ1v) is 7.91. The van der Waals surface area contributed by atoms with Gasteiger partial charge in [0.15, 0.2) is 5.58 Å². The van der Waals surface area contributed by atoms with Crippen molar-refractivity contribution in [1.82, 2.24) is 9.38 Å². The number of benzene rings is 3. The van der Waals surface area contributed by atoms with Gasteiger partial charge in [0.05, 0.1) is 11.7 Å². The van der Waals surface area contributed by atoms with E-state index in [-0.39, 0.29) is 0 Å². The van der Waals surface area contributed by atoms with Gasteiger partial charge in [0.2, 0.25) is 5.71 Å². The van der Waals surface area contributed by atoms with E-state index in [1.807, 2.05) is 36.4 Å². The highest BCUT2D eigenvalue weighted by Crippen LogP contribution is 2.33. The number of imidazole rings is 1. The highest BCUT2D eigenvalue weighted by atomic mass is 16.3. The van der Waals surface area contributed by atoms with E-state index in [0.29, 0.717) is 0 Å². The van der Waals surface area contributed by atoms with Crippen LogP contribution < -0.4 is 0 Å². The van der Waals surface area contributed by atoms with Crippen LogP contribution >= 0.6 is 0 Å². The molecule has 0 saturated carbocycles. The number of nitrogens with zero attached hydrogens (tertiary/aromatic N) is 2. The van der Waals surface area contributed by atoms with Gasteiger partial charge >= 0.3 is 0 Å². The first-order chi connectivity index (χ1) is 11.9. The Hall–Kier alpha value is -3.33. The average Bonchev–Trinajstić information content (AvgIpc) is 3.22. The largest absolute Gasteiger partial charge is 0.436 e. The lowest BCUT2D eigenvalue weighted by atomic mass is 10.0. The van der Waals surface area contributed by atoms with Crippen molar-refractivity contribution in [2.24, 2.45) is 0 Å². The first-order valence-electron chi connectivity index (χ1n) is 7.91. The molecular formula is C21H14N2O. The zero-order chi connectivity index (χ0) is 15.9. The van der Waals surface area contributed by atoms with Crippen LogP contribution in [0.4, 0.5) is 0 Å². The third-order valence-electron chi connectivity index (χ3n) is 4.29. The average molecular weight is 310 g/mol. The van der Waals surface area contributed by atoms with Crippen molar-refractivity contribution in [1.29, 1.82) is 0 Å². The Morgan fingerprint density at radius 1 is 0.708 bits per heavy atom. The normalized spacial score (nSPS) is 11.3. The maximum Gasteiger partial charge on any atom is 0.225 e. The second-order valence-electron chi connectivity index (χ2n) is 5.74. The summed E-state index contributed by atoms with van der Waals surface area (Å²) in [6.07, 6.45) is 1.79. The fourth-order valence-corrected chi connectivity index (χ4v) is 3.19. The molecule has 3 nitrogen and oxygen atoms in total. The fraction of sp³-hybridized carbons (Fsp3) is 0. The lowest BCUT2D eigenvalue weighted by Crippen LogP contribution is -1.88. The van der Waals surface area contributed by atoms with Crippen molar-refractivity contribution in [2.45, 2.75) is 0 Å². The van der Waals surface area contributed by atoms with E-state index < -0.39 is 0 Å². The smallest absolute Gasteiger partial charge is 0.225 e. The molecule has 2 aromatic heterocycles. The zero-order valence-corrected chi connectivity index (χ0v) is 12.9. The third kappa shape index (κ3) is 1.88. The third-order valence-corrected chi connectivity index (χ3v) is 4.29. The van der Waals surface area contributed by atoms with E-state index in [1.165, 1.54) is 0 Å². The molecule has 3 heteroatoms. The molecule has 5 aromatic rings. The van der Waals surface area contributed by atoms with E-state index in [2.05, 4.69) is 51.8 Å². The van der Waals surface area contributed by atoms with Gasteiger partial charge in [-0.3, -0.25) is 4.40 Å². The Morgan fingerprint density at radius 3 is 2.17 bits per heavy atom. The molecule has 3 aromatic carbocycles. The molecule has 0 saturated heterocycles. The molecule has 0 unspecified atom stereocenters. The van der Waals surface area contributed by atoms with Crippen LogP contribution in [-0.2, 0) is 0 Å². The van der Waals surface area contributed by atoms with E-state index in [0.717, 1.165) is 39.3 Å². The number of aromatic nitrogens is 2. The number of oxazole rings is 1. The SMILES string of the molecule is c1ccc(-c2cccc3c2oc2cnc(-c4ccccc4)n23)cc1. The standard InChI is InChI=1S/C21H14N2O/c1-3-8-15(9-4-1)17-12-7-13-18-20(17)24-19-14-22-21(23(18)19)16-10-5-2-6-11-16/h1-14H. The van der Waals surface area contributed by atoms with Gasteiger partial charge in [0.25, 0.3) is 0 Å². The molecule has 0 bridgehead atoms. The molecular weight excluding hydrogens is 296 g/mol. The van der Waals surface area contributed by atoms with Crippen molar-refractivity contribution in [3.63, 3.8) is 0 Å². The quantitative estimate of drug-likeness (QED) is 0.436. The molecule has 0 amide bonds. The summed E-state index contributed by atoms with van der Waals surface area (Å²) in [6, 6.07) is 26.7. The Kier molecular flexibility index (Phi) is 2.79. The van der Waals surface area contributed by atoms with Crippen LogP contribution in [0.3, 0.4) is 0 Å². The van der Waals surface area contributed by atoms with Crippen LogP contribution in [0.1, 0.15) is 0 Å². The highest BCUT2D eigenvalue weighted by Gasteiger charge is 2.16. The van der Waals surface area contributed by atoms with Crippen molar-refractivity contribution in [3.8, 4) is 22.5 Å². The predicted molar refractivity (Wildman–Crippen MR) is 95.8 cm³/mol. The zero-order valence-electron chi connectivity index (χ0n) is 12.9. The summed E-state index contributed by atoms with van der Waals surface area (Å²) < 4.78 is 8.22. The Labute approximate surface area is 138 Å². The second kappa shape index (κ2) is 5.10. The molecule has 0 N–H and O–H groups in total. The van der Waals surface area contributed by atoms with Gasteiger partial charge in [0, 0.05) is 11.1 Å². The number of hydrogen-bond donors (Lipinski definition) is 0. The van der Waals surface area contributed by atoms with Gasteiger partial charge in [-0.2, -0.15) is 0 Å². The van der Waals surface area contributed by atoms with Gasteiger partial charge in [-0.1, -0.05) is 72.8 Å². The summed E-state index contributed by atoms with van der Waals surface area (Å²) in [5.41, 5.74) is 5.99. The molecule has 0 aliphatic rings. The minimum Gasteiger partial charge on any atom is -0.436 e. The van der Waals surface area contributed by atoms with E-state index in [4.69, 9.17) is 4.42 Å². The molecule has 0 aliphatic heterocycles. The van der Waals surface area contributed by atoms with Gasteiger partial charge in [-0.15, -0.1) is 0 Å². The second-order valence-corrected chi connectivity index (χ2v) is 5.74. The summed E-state index contributed by atoms with van der Waals surface area (Å²) >= 11 is 0. The molecule has 114 valence electrons. The topological polar surface area (TPSA) is 30.4 Å². The lowest BCUT2D eigenvalue weighted by molar-refractivity contribution is 0.657. The summed E-state index contributed by atoms with van der Waals surface area (Å²) in [5, 5.41) is 0. The summed E-state index contributed by atoms with van der Waals surface area (Å²) in [6.45, 7) is 0. The minimum atomic E-state index is 0.757. The molecule has 0 aliphatic carbocycles. The van der Waals surface area contributed by atoms with Gasteiger partial charge in [-0.25, -0.2) is 4.98 Å². The van der Waals surface area contributed by atoms with E-state index in [1.54, 1.807) is 6.20 Å². The van der Waals surface area contributed by atoms with Crippen molar-refractivity contribution < 1.29 is 4.42 Å². The van der Waals surface area contributed by atoms with E-state index >= 15 is 0 Å².